The highest BCUT2D eigenvalue weighted by molar-refractivity contribution is 5.26. The molecule has 1 N–H and O–H groups in total. The molecule has 0 fully saturated rings. The summed E-state index contributed by atoms with van der Waals surface area (Å²) in [5.41, 5.74) is -0.912. The minimum absolute atomic E-state index is 0.299. The van der Waals surface area contributed by atoms with Crippen molar-refractivity contribution in [2.24, 2.45) is 0 Å². The number of hydrogen-bond acceptors (Lipinski definition) is 1. The number of halogens is 13. The third-order valence-corrected chi connectivity index (χ3v) is 3.69. The molecule has 28 heavy (non-hydrogen) atoms. The lowest BCUT2D eigenvalue weighted by Gasteiger charge is -2.40. The average Bonchev–Trinajstić information content (AvgIpc) is 2.53. The van der Waals surface area contributed by atoms with Crippen LogP contribution in [-0.2, 0) is 0 Å². The summed E-state index contributed by atoms with van der Waals surface area (Å²) in [4.78, 5) is 0. The van der Waals surface area contributed by atoms with E-state index in [2.05, 4.69) is 0 Å². The van der Waals surface area contributed by atoms with Crippen molar-refractivity contribution >= 4 is 0 Å². The minimum Gasteiger partial charge on any atom is -0.382 e. The van der Waals surface area contributed by atoms with Gasteiger partial charge in [-0.2, -0.15) is 57.1 Å². The molecule has 14 heteroatoms. The predicted octanol–water partition coefficient (Wildman–Crippen LogP) is 5.77. The molecule has 0 aliphatic heterocycles. The van der Waals surface area contributed by atoms with Crippen molar-refractivity contribution in [1.82, 2.24) is 0 Å². The quantitative estimate of drug-likeness (QED) is 0.558. The first-order valence-corrected chi connectivity index (χ1v) is 6.86. The number of hydrogen-bond donors (Lipinski definition) is 1. The second kappa shape index (κ2) is 6.66. The van der Waals surface area contributed by atoms with Crippen molar-refractivity contribution in [2.45, 2.75) is 48.8 Å². The van der Waals surface area contributed by atoms with Crippen molar-refractivity contribution in [3.63, 3.8) is 0 Å². The van der Waals surface area contributed by atoms with Crippen LogP contribution >= 0.6 is 0 Å². The van der Waals surface area contributed by atoms with Crippen molar-refractivity contribution < 1.29 is 62.2 Å². The van der Waals surface area contributed by atoms with Gasteiger partial charge >= 0.3 is 35.8 Å². The third-order valence-electron chi connectivity index (χ3n) is 3.69. The number of aryl methyl sites for hydroxylation is 1. The van der Waals surface area contributed by atoms with Crippen LogP contribution in [0.5, 0.6) is 0 Å². The zero-order valence-electron chi connectivity index (χ0n) is 13.2. The first-order valence-electron chi connectivity index (χ1n) is 6.86. The zero-order valence-corrected chi connectivity index (χ0v) is 13.2. The molecule has 1 aromatic carbocycles. The van der Waals surface area contributed by atoms with E-state index in [9.17, 15) is 62.2 Å². The van der Waals surface area contributed by atoms with Crippen LogP contribution in [0.15, 0.2) is 24.3 Å². The highest BCUT2D eigenvalue weighted by Gasteiger charge is 2.91. The van der Waals surface area contributed by atoms with Crippen LogP contribution in [-0.4, -0.2) is 40.9 Å². The Balaban J connectivity index is 3.50. The summed E-state index contributed by atoms with van der Waals surface area (Å²) in [7, 11) is 0. The predicted molar refractivity (Wildman–Crippen MR) is 66.9 cm³/mol. The summed E-state index contributed by atoms with van der Waals surface area (Å²) in [6, 6.07) is 2.84. The van der Waals surface area contributed by atoms with Crippen molar-refractivity contribution in [3.8, 4) is 0 Å². The van der Waals surface area contributed by atoms with Crippen LogP contribution in [0.2, 0.25) is 0 Å². The number of rotatable bonds is 6. The molecule has 0 saturated heterocycles. The molecule has 0 amide bonds. The first kappa shape index (κ1) is 24.3. The van der Waals surface area contributed by atoms with Crippen LogP contribution in [0.1, 0.15) is 17.2 Å². The fourth-order valence-corrected chi connectivity index (χ4v) is 1.91. The maximum Gasteiger partial charge on any atom is 0.460 e. The monoisotopic (exact) mass is 440 g/mol. The SMILES string of the molecule is Cc1ccc(C(O)C(F)(F)C(F)(F)C(F)(F)C(F)(F)C(F)(F)C(F)(F)F)cc1. The number of benzene rings is 1. The topological polar surface area (TPSA) is 20.2 Å². The van der Waals surface area contributed by atoms with E-state index < -0.39 is 47.5 Å². The van der Waals surface area contributed by atoms with Gasteiger partial charge in [-0.1, -0.05) is 29.8 Å². The largest absolute Gasteiger partial charge is 0.460 e. The van der Waals surface area contributed by atoms with Gasteiger partial charge in [-0.15, -0.1) is 0 Å². The van der Waals surface area contributed by atoms with E-state index >= 15 is 0 Å². The normalized spacial score (nSPS) is 16.2. The Morgan fingerprint density at radius 3 is 1.32 bits per heavy atom. The van der Waals surface area contributed by atoms with E-state index in [0.717, 1.165) is 12.1 Å². The zero-order chi connectivity index (χ0) is 22.6. The molecule has 1 aromatic rings. The summed E-state index contributed by atoms with van der Waals surface area (Å²) >= 11 is 0. The van der Waals surface area contributed by atoms with Gasteiger partial charge < -0.3 is 5.11 Å². The molecule has 0 aliphatic carbocycles. The van der Waals surface area contributed by atoms with Crippen LogP contribution < -0.4 is 0 Å². The standard InChI is InChI=1S/C14H9F13O/c1-6-2-4-7(5-3-6)8(28)9(15,16)10(17,18)11(19,20)12(21,22)13(23,24)14(25,26)27/h2-5,8,28H,1H3. The Hall–Kier alpha value is -1.73. The van der Waals surface area contributed by atoms with E-state index in [0.29, 0.717) is 17.7 Å². The maximum atomic E-state index is 13.8. The second-order valence-electron chi connectivity index (χ2n) is 5.73. The fraction of sp³-hybridized carbons (Fsp3) is 0.571. The Labute approximate surface area is 147 Å². The molecule has 1 atom stereocenters. The van der Waals surface area contributed by atoms with Gasteiger partial charge in [0, 0.05) is 0 Å². The van der Waals surface area contributed by atoms with Gasteiger partial charge in [0.2, 0.25) is 0 Å². The lowest BCUT2D eigenvalue weighted by molar-refractivity contribution is -0.444. The molecule has 0 aromatic heterocycles. The van der Waals surface area contributed by atoms with Crippen LogP contribution in [0, 0.1) is 6.92 Å². The van der Waals surface area contributed by atoms with Crippen LogP contribution in [0.4, 0.5) is 57.1 Å². The first-order chi connectivity index (χ1) is 12.2. The number of aliphatic hydroxyl groups excluding tert-OH is 1. The van der Waals surface area contributed by atoms with E-state index in [-0.39, 0.29) is 0 Å². The average molecular weight is 440 g/mol. The number of aliphatic hydroxyl groups is 1. The molecule has 1 unspecified atom stereocenters. The van der Waals surface area contributed by atoms with Crippen LogP contribution in [0.25, 0.3) is 0 Å². The molecular weight excluding hydrogens is 431 g/mol. The lowest BCUT2D eigenvalue weighted by Crippen LogP contribution is -2.70. The molecule has 0 saturated carbocycles. The fourth-order valence-electron chi connectivity index (χ4n) is 1.91. The molecule has 0 spiro atoms. The Morgan fingerprint density at radius 1 is 0.607 bits per heavy atom. The molecule has 0 aliphatic rings. The van der Waals surface area contributed by atoms with Gasteiger partial charge in [-0.3, -0.25) is 0 Å². The summed E-state index contributed by atoms with van der Waals surface area (Å²) in [6.07, 6.45) is -11.4. The summed E-state index contributed by atoms with van der Waals surface area (Å²) in [6.45, 7) is 1.34. The van der Waals surface area contributed by atoms with E-state index in [1.54, 1.807) is 0 Å². The van der Waals surface area contributed by atoms with Gasteiger partial charge in [0.1, 0.15) is 6.10 Å². The second-order valence-corrected chi connectivity index (χ2v) is 5.73. The highest BCUT2D eigenvalue weighted by Crippen LogP contribution is 2.61. The molecule has 0 radical (unpaired) electrons. The Bertz CT molecular complexity index is 690. The minimum atomic E-state index is -7.99. The Kier molecular flexibility index (Phi) is 5.78. The van der Waals surface area contributed by atoms with E-state index in [1.165, 1.54) is 6.92 Å². The van der Waals surface area contributed by atoms with Gasteiger partial charge in [0.15, 0.2) is 0 Å². The van der Waals surface area contributed by atoms with E-state index in [4.69, 9.17) is 0 Å². The molecule has 162 valence electrons. The van der Waals surface area contributed by atoms with Crippen molar-refractivity contribution in [2.75, 3.05) is 0 Å². The molecule has 1 nitrogen and oxygen atoms in total. The van der Waals surface area contributed by atoms with Gasteiger partial charge in [0.25, 0.3) is 0 Å². The molecule has 1 rings (SSSR count). The third kappa shape index (κ3) is 3.28. The van der Waals surface area contributed by atoms with Crippen molar-refractivity contribution in [3.05, 3.63) is 35.4 Å². The van der Waals surface area contributed by atoms with Crippen LogP contribution in [0.3, 0.4) is 0 Å². The molecular formula is C14H9F13O. The summed E-state index contributed by atoms with van der Waals surface area (Å²) in [5.74, 6) is -37.8. The molecule has 0 bridgehead atoms. The Morgan fingerprint density at radius 2 is 0.964 bits per heavy atom. The maximum absolute atomic E-state index is 13.8. The van der Waals surface area contributed by atoms with Gasteiger partial charge in [-0.25, -0.2) is 0 Å². The summed E-state index contributed by atoms with van der Waals surface area (Å²) in [5, 5.41) is 9.25. The summed E-state index contributed by atoms with van der Waals surface area (Å²) < 4.78 is 169. The van der Waals surface area contributed by atoms with E-state index in [1.807, 2.05) is 0 Å². The molecule has 0 heterocycles. The van der Waals surface area contributed by atoms with Gasteiger partial charge in [-0.05, 0) is 12.5 Å². The lowest BCUT2D eigenvalue weighted by atomic mass is 9.89. The highest BCUT2D eigenvalue weighted by atomic mass is 19.4. The van der Waals surface area contributed by atoms with Crippen molar-refractivity contribution in [1.29, 1.82) is 0 Å². The smallest absolute Gasteiger partial charge is 0.382 e. The number of alkyl halides is 13. The van der Waals surface area contributed by atoms with Gasteiger partial charge in [0.05, 0.1) is 0 Å².